The number of fused-ring (bicyclic) bond motifs is 1. The van der Waals surface area contributed by atoms with Crippen LogP contribution in [0.2, 0.25) is 5.02 Å². The second-order valence-electron chi connectivity index (χ2n) is 6.77. The zero-order chi connectivity index (χ0) is 18.8. The molecule has 27 heavy (non-hydrogen) atoms. The van der Waals surface area contributed by atoms with Gasteiger partial charge in [-0.05, 0) is 48.9 Å². The molecule has 4 rings (SSSR count). The first-order valence-electron chi connectivity index (χ1n) is 9.24. The number of halogens is 1. The quantitative estimate of drug-likeness (QED) is 0.655. The molecule has 0 unspecified atom stereocenters. The molecule has 2 N–H and O–H groups in total. The summed E-state index contributed by atoms with van der Waals surface area (Å²) >= 11 is 6.14. The van der Waals surface area contributed by atoms with Crippen LogP contribution in [-0.2, 0) is 0 Å². The zero-order valence-corrected chi connectivity index (χ0v) is 16.0. The predicted octanol–water partition coefficient (Wildman–Crippen LogP) is 5.18. The maximum atomic E-state index is 12.5. The van der Waals surface area contributed by atoms with Gasteiger partial charge in [0.1, 0.15) is 0 Å². The number of likely N-dealkylation sites (N-methyl/N-ethyl adjacent to an activating group) is 1. The van der Waals surface area contributed by atoms with Gasteiger partial charge in [0.15, 0.2) is 0 Å². The summed E-state index contributed by atoms with van der Waals surface area (Å²) in [6.45, 7) is 5.34. The van der Waals surface area contributed by atoms with Gasteiger partial charge in [0.25, 0.3) is 5.91 Å². The fourth-order valence-electron chi connectivity index (χ4n) is 3.55. The average Bonchev–Trinajstić information content (AvgIpc) is 3.11. The lowest BCUT2D eigenvalue weighted by atomic mass is 9.98. The Hall–Kier alpha value is -2.56. The molecule has 0 spiro atoms. The molecular formula is C22H22ClN3O. The second kappa shape index (κ2) is 7.59. The summed E-state index contributed by atoms with van der Waals surface area (Å²) in [6.07, 6.45) is 5.42. The molecule has 5 heteroatoms. The normalized spacial score (nSPS) is 15.0. The van der Waals surface area contributed by atoms with Crippen molar-refractivity contribution in [2.24, 2.45) is 0 Å². The van der Waals surface area contributed by atoms with Gasteiger partial charge >= 0.3 is 0 Å². The lowest BCUT2D eigenvalue weighted by molar-refractivity contribution is 0.102. The van der Waals surface area contributed by atoms with Crippen molar-refractivity contribution in [3.8, 4) is 0 Å². The molecule has 4 nitrogen and oxygen atoms in total. The average molecular weight is 380 g/mol. The van der Waals surface area contributed by atoms with Crippen molar-refractivity contribution < 1.29 is 4.79 Å². The number of nitrogens with one attached hydrogen (secondary N) is 2. The number of hydrogen-bond donors (Lipinski definition) is 2. The zero-order valence-electron chi connectivity index (χ0n) is 15.3. The van der Waals surface area contributed by atoms with Crippen molar-refractivity contribution in [3.05, 3.63) is 70.9 Å². The highest BCUT2D eigenvalue weighted by Gasteiger charge is 2.16. The molecule has 0 saturated carbocycles. The number of nitrogens with zero attached hydrogens (tertiary/aromatic N) is 1. The highest BCUT2D eigenvalue weighted by atomic mass is 35.5. The lowest BCUT2D eigenvalue weighted by Crippen LogP contribution is -2.27. The molecule has 0 radical (unpaired) electrons. The first kappa shape index (κ1) is 17.8. The Balaban J connectivity index is 1.62. The van der Waals surface area contributed by atoms with Crippen LogP contribution in [0.15, 0.2) is 54.7 Å². The third-order valence-corrected chi connectivity index (χ3v) is 5.47. The summed E-state index contributed by atoms with van der Waals surface area (Å²) in [5.41, 5.74) is 4.89. The van der Waals surface area contributed by atoms with Crippen LogP contribution in [0, 0.1) is 0 Å². The van der Waals surface area contributed by atoms with Gasteiger partial charge in [-0.3, -0.25) is 9.69 Å². The highest BCUT2D eigenvalue weighted by Crippen LogP contribution is 2.31. The van der Waals surface area contributed by atoms with Gasteiger partial charge < -0.3 is 10.3 Å². The van der Waals surface area contributed by atoms with Crippen LogP contribution in [0.4, 0.5) is 5.69 Å². The summed E-state index contributed by atoms with van der Waals surface area (Å²) in [6, 6.07) is 13.0. The van der Waals surface area contributed by atoms with E-state index in [4.69, 9.17) is 11.6 Å². The minimum absolute atomic E-state index is 0.201. The van der Waals surface area contributed by atoms with Gasteiger partial charge in [0, 0.05) is 41.4 Å². The van der Waals surface area contributed by atoms with E-state index in [1.807, 2.05) is 30.3 Å². The monoisotopic (exact) mass is 379 g/mol. The van der Waals surface area contributed by atoms with Gasteiger partial charge in [0.2, 0.25) is 0 Å². The van der Waals surface area contributed by atoms with Crippen LogP contribution in [0.3, 0.4) is 0 Å². The molecule has 2 heterocycles. The number of amides is 1. The van der Waals surface area contributed by atoms with E-state index >= 15 is 0 Å². The summed E-state index contributed by atoms with van der Waals surface area (Å²) in [5.74, 6) is -0.201. The third kappa shape index (κ3) is 3.64. The summed E-state index contributed by atoms with van der Waals surface area (Å²) < 4.78 is 0. The second-order valence-corrected chi connectivity index (χ2v) is 7.18. The number of aromatic amines is 1. The van der Waals surface area contributed by atoms with E-state index < -0.39 is 0 Å². The van der Waals surface area contributed by atoms with E-state index in [9.17, 15) is 4.79 Å². The molecule has 0 atom stereocenters. The number of H-pyrrole nitrogens is 1. The molecule has 0 bridgehead atoms. The number of hydrogen-bond acceptors (Lipinski definition) is 2. The summed E-state index contributed by atoms with van der Waals surface area (Å²) in [4.78, 5) is 18.3. The third-order valence-electron chi connectivity index (χ3n) is 5.14. The molecule has 138 valence electrons. The van der Waals surface area contributed by atoms with Crippen LogP contribution in [0.5, 0.6) is 0 Å². The van der Waals surface area contributed by atoms with Crippen LogP contribution in [0.25, 0.3) is 16.5 Å². The molecule has 1 aliphatic rings. The summed E-state index contributed by atoms with van der Waals surface area (Å²) in [5, 5.41) is 4.54. The van der Waals surface area contributed by atoms with Crippen LogP contribution >= 0.6 is 11.6 Å². The molecular weight excluding hydrogens is 358 g/mol. The molecule has 3 aromatic rings. The maximum absolute atomic E-state index is 12.5. The molecule has 1 amide bonds. The van der Waals surface area contributed by atoms with E-state index in [0.717, 1.165) is 42.6 Å². The van der Waals surface area contributed by atoms with Crippen molar-refractivity contribution >= 4 is 39.7 Å². The highest BCUT2D eigenvalue weighted by molar-refractivity contribution is 6.34. The van der Waals surface area contributed by atoms with Crippen molar-refractivity contribution in [2.75, 3.05) is 25.0 Å². The Bertz CT molecular complexity index is 1020. The minimum Gasteiger partial charge on any atom is -0.361 e. The Morgan fingerprint density at radius 1 is 1.26 bits per heavy atom. The first-order chi connectivity index (χ1) is 13.2. The van der Waals surface area contributed by atoms with E-state index in [2.05, 4.69) is 34.4 Å². The number of anilines is 1. The number of carbonyl (C=O) groups excluding carboxylic acids is 1. The van der Waals surface area contributed by atoms with Gasteiger partial charge in [-0.1, -0.05) is 36.7 Å². The molecule has 2 aromatic carbocycles. The SMILES string of the molecule is CCN1CC=C(c2c[nH]c3ccc(NC(=O)c4ccccc4Cl)cc23)CC1. The van der Waals surface area contributed by atoms with E-state index in [0.29, 0.717) is 10.6 Å². The molecule has 0 saturated heterocycles. The van der Waals surface area contributed by atoms with Crippen molar-refractivity contribution in [3.63, 3.8) is 0 Å². The number of aromatic nitrogens is 1. The number of benzene rings is 2. The molecule has 0 aliphatic carbocycles. The first-order valence-corrected chi connectivity index (χ1v) is 9.62. The fourth-order valence-corrected chi connectivity index (χ4v) is 3.77. The minimum atomic E-state index is -0.201. The molecule has 1 aromatic heterocycles. The van der Waals surface area contributed by atoms with Crippen molar-refractivity contribution in [1.82, 2.24) is 9.88 Å². The Labute approximate surface area is 163 Å². The van der Waals surface area contributed by atoms with Gasteiger partial charge in [-0.2, -0.15) is 0 Å². The number of rotatable bonds is 4. The predicted molar refractivity (Wildman–Crippen MR) is 112 cm³/mol. The van der Waals surface area contributed by atoms with Crippen LogP contribution < -0.4 is 5.32 Å². The Morgan fingerprint density at radius 3 is 2.85 bits per heavy atom. The lowest BCUT2D eigenvalue weighted by Gasteiger charge is -2.24. The van der Waals surface area contributed by atoms with Crippen molar-refractivity contribution in [1.29, 1.82) is 0 Å². The largest absolute Gasteiger partial charge is 0.361 e. The molecule has 1 aliphatic heterocycles. The standard InChI is InChI=1S/C22H22ClN3O/c1-2-26-11-9-15(10-12-26)19-14-24-21-8-7-16(13-18(19)21)25-22(27)17-5-3-4-6-20(17)23/h3-9,13-14,24H,2,10-12H2,1H3,(H,25,27). The van der Waals surface area contributed by atoms with Gasteiger partial charge in [-0.25, -0.2) is 0 Å². The fraction of sp³-hybridized carbons (Fsp3) is 0.227. The van der Waals surface area contributed by atoms with E-state index in [1.54, 1.807) is 12.1 Å². The Kier molecular flexibility index (Phi) is 5.01. The van der Waals surface area contributed by atoms with Crippen LogP contribution in [0.1, 0.15) is 29.3 Å². The van der Waals surface area contributed by atoms with E-state index in [1.165, 1.54) is 11.1 Å². The summed E-state index contributed by atoms with van der Waals surface area (Å²) in [7, 11) is 0. The molecule has 0 fully saturated rings. The van der Waals surface area contributed by atoms with E-state index in [-0.39, 0.29) is 5.91 Å². The Morgan fingerprint density at radius 2 is 2.11 bits per heavy atom. The maximum Gasteiger partial charge on any atom is 0.257 e. The van der Waals surface area contributed by atoms with Gasteiger partial charge in [0.05, 0.1) is 10.6 Å². The number of carbonyl (C=O) groups is 1. The topological polar surface area (TPSA) is 48.1 Å². The van der Waals surface area contributed by atoms with Crippen molar-refractivity contribution in [2.45, 2.75) is 13.3 Å². The van der Waals surface area contributed by atoms with Crippen LogP contribution in [-0.4, -0.2) is 35.4 Å². The van der Waals surface area contributed by atoms with Gasteiger partial charge in [-0.15, -0.1) is 0 Å². The smallest absolute Gasteiger partial charge is 0.257 e.